The second kappa shape index (κ2) is 5.83. The molecular weight excluding hydrogens is 270 g/mol. The van der Waals surface area contributed by atoms with E-state index in [2.05, 4.69) is 25.3 Å². The quantitative estimate of drug-likeness (QED) is 0.743. The summed E-state index contributed by atoms with van der Waals surface area (Å²) < 4.78 is 0. The number of nitrogens with zero attached hydrogens (tertiary/aromatic N) is 4. The third kappa shape index (κ3) is 2.70. The van der Waals surface area contributed by atoms with Crippen LogP contribution in [0.25, 0.3) is 10.9 Å². The van der Waals surface area contributed by atoms with Gasteiger partial charge in [0.05, 0.1) is 5.52 Å². The third-order valence-electron chi connectivity index (χ3n) is 2.71. The Kier molecular flexibility index (Phi) is 3.73. The molecule has 3 aromatic rings. The largest absolute Gasteiger partial charge is 0.370 e. The van der Waals surface area contributed by atoms with Gasteiger partial charge in [-0.3, -0.25) is 0 Å². The van der Waals surface area contributed by atoms with Crippen LogP contribution < -0.4 is 5.32 Å². The van der Waals surface area contributed by atoms with Crippen molar-refractivity contribution < 1.29 is 0 Å². The Labute approximate surface area is 120 Å². The number of hydrogen-bond donors (Lipinski definition) is 1. The summed E-state index contributed by atoms with van der Waals surface area (Å²) in [6, 6.07) is 9.87. The highest BCUT2D eigenvalue weighted by atomic mass is 32.2. The second-order valence-corrected chi connectivity index (χ2v) is 5.08. The number of para-hydroxylation sites is 1. The molecule has 3 rings (SSSR count). The van der Waals surface area contributed by atoms with Gasteiger partial charge in [-0.1, -0.05) is 18.2 Å². The zero-order valence-electron chi connectivity index (χ0n) is 10.9. The summed E-state index contributed by atoms with van der Waals surface area (Å²) in [4.78, 5) is 17.0. The van der Waals surface area contributed by atoms with Crippen molar-refractivity contribution >= 4 is 28.5 Å². The lowest BCUT2D eigenvalue weighted by Gasteiger charge is -2.05. The summed E-state index contributed by atoms with van der Waals surface area (Å²) in [5, 5.41) is 5.97. The van der Waals surface area contributed by atoms with Gasteiger partial charge < -0.3 is 5.32 Å². The first kappa shape index (κ1) is 12.8. The molecule has 0 saturated heterocycles. The van der Waals surface area contributed by atoms with Gasteiger partial charge in [-0.15, -0.1) is 0 Å². The highest BCUT2D eigenvalue weighted by Gasteiger charge is 2.07. The minimum atomic E-state index is 0.823. The van der Waals surface area contributed by atoms with Crippen LogP contribution in [-0.4, -0.2) is 26.5 Å². The molecule has 2 heterocycles. The molecule has 0 amide bonds. The molecule has 2 aromatic heterocycles. The number of anilines is 1. The van der Waals surface area contributed by atoms with Crippen LogP contribution in [0, 0.1) is 0 Å². The van der Waals surface area contributed by atoms with E-state index >= 15 is 0 Å². The molecule has 0 atom stereocenters. The summed E-state index contributed by atoms with van der Waals surface area (Å²) in [6.07, 6.45) is 3.14. The summed E-state index contributed by atoms with van der Waals surface area (Å²) >= 11 is 1.51. The van der Waals surface area contributed by atoms with Crippen LogP contribution >= 0.6 is 11.8 Å². The molecule has 0 aliphatic heterocycles. The van der Waals surface area contributed by atoms with E-state index in [1.54, 1.807) is 12.7 Å². The van der Waals surface area contributed by atoms with E-state index in [0.29, 0.717) is 0 Å². The van der Waals surface area contributed by atoms with Gasteiger partial charge >= 0.3 is 0 Å². The molecule has 20 heavy (non-hydrogen) atoms. The molecule has 0 radical (unpaired) electrons. The molecule has 0 spiro atoms. The molecule has 1 N–H and O–H groups in total. The standard InChI is InChI=1S/C14H13N5S/c1-2-15-12-7-13(18-9-17-12)20-14-10-5-3-4-6-11(10)16-8-19-14/h3-9H,2H2,1H3,(H,15,17,18). The number of fused-ring (bicyclic) bond motifs is 1. The first-order valence-corrected chi connectivity index (χ1v) is 7.12. The van der Waals surface area contributed by atoms with Crippen LogP contribution in [0.5, 0.6) is 0 Å². The lowest BCUT2D eigenvalue weighted by atomic mass is 10.2. The molecule has 0 unspecified atom stereocenters. The van der Waals surface area contributed by atoms with Gasteiger partial charge in [-0.2, -0.15) is 0 Å². The Morgan fingerprint density at radius 3 is 2.80 bits per heavy atom. The Balaban J connectivity index is 1.95. The van der Waals surface area contributed by atoms with Crippen molar-refractivity contribution in [1.82, 2.24) is 19.9 Å². The Hall–Kier alpha value is -2.21. The highest BCUT2D eigenvalue weighted by molar-refractivity contribution is 7.99. The van der Waals surface area contributed by atoms with E-state index < -0.39 is 0 Å². The summed E-state index contributed by atoms with van der Waals surface area (Å²) in [7, 11) is 0. The van der Waals surface area contributed by atoms with Gasteiger partial charge in [-0.05, 0) is 24.8 Å². The fraction of sp³-hybridized carbons (Fsp3) is 0.143. The Bertz CT molecular complexity index is 726. The van der Waals surface area contributed by atoms with Gasteiger partial charge in [-0.25, -0.2) is 19.9 Å². The lowest BCUT2D eigenvalue weighted by molar-refractivity contribution is 1.02. The van der Waals surface area contributed by atoms with E-state index in [-0.39, 0.29) is 0 Å². The van der Waals surface area contributed by atoms with Crippen molar-refractivity contribution in [2.45, 2.75) is 17.0 Å². The fourth-order valence-electron chi connectivity index (χ4n) is 1.83. The molecule has 100 valence electrons. The average Bonchev–Trinajstić information content (AvgIpc) is 2.48. The monoisotopic (exact) mass is 283 g/mol. The van der Waals surface area contributed by atoms with Crippen molar-refractivity contribution in [1.29, 1.82) is 0 Å². The minimum absolute atomic E-state index is 0.823. The van der Waals surface area contributed by atoms with E-state index in [9.17, 15) is 0 Å². The molecule has 6 heteroatoms. The van der Waals surface area contributed by atoms with Gasteiger partial charge in [0, 0.05) is 18.0 Å². The van der Waals surface area contributed by atoms with Gasteiger partial charge in [0.25, 0.3) is 0 Å². The number of aromatic nitrogens is 4. The number of nitrogens with one attached hydrogen (secondary N) is 1. The van der Waals surface area contributed by atoms with Crippen LogP contribution in [0.4, 0.5) is 5.82 Å². The third-order valence-corrected chi connectivity index (χ3v) is 3.66. The molecule has 1 aromatic carbocycles. The molecule has 0 aliphatic rings. The average molecular weight is 283 g/mol. The van der Waals surface area contributed by atoms with Crippen LogP contribution in [-0.2, 0) is 0 Å². The topological polar surface area (TPSA) is 63.6 Å². The van der Waals surface area contributed by atoms with Crippen molar-refractivity contribution in [3.8, 4) is 0 Å². The lowest BCUT2D eigenvalue weighted by Crippen LogP contribution is -1.99. The predicted octanol–water partition coefficient (Wildman–Crippen LogP) is 3.00. The number of hydrogen-bond acceptors (Lipinski definition) is 6. The SMILES string of the molecule is CCNc1cc(Sc2ncnc3ccccc23)ncn1. The normalized spacial score (nSPS) is 10.7. The van der Waals surface area contributed by atoms with Crippen molar-refractivity contribution in [3.05, 3.63) is 43.0 Å². The zero-order valence-corrected chi connectivity index (χ0v) is 11.8. The predicted molar refractivity (Wildman–Crippen MR) is 79.9 cm³/mol. The molecule has 0 bridgehead atoms. The summed E-state index contributed by atoms with van der Waals surface area (Å²) in [6.45, 7) is 2.87. The molecule has 0 saturated carbocycles. The maximum atomic E-state index is 4.35. The Morgan fingerprint density at radius 1 is 1.05 bits per heavy atom. The fourth-order valence-corrected chi connectivity index (χ4v) is 2.68. The van der Waals surface area contributed by atoms with Crippen LogP contribution in [0.15, 0.2) is 53.0 Å². The van der Waals surface area contributed by atoms with Gasteiger partial charge in [0.2, 0.25) is 0 Å². The van der Waals surface area contributed by atoms with E-state index in [1.165, 1.54) is 11.8 Å². The highest BCUT2D eigenvalue weighted by Crippen LogP contribution is 2.30. The number of rotatable bonds is 4. The maximum absolute atomic E-state index is 4.35. The van der Waals surface area contributed by atoms with E-state index in [1.807, 2.05) is 37.3 Å². The first-order valence-electron chi connectivity index (χ1n) is 6.30. The van der Waals surface area contributed by atoms with Crippen LogP contribution in [0.1, 0.15) is 6.92 Å². The van der Waals surface area contributed by atoms with Gasteiger partial charge in [0.1, 0.15) is 28.5 Å². The molecular formula is C14H13N5S. The number of benzene rings is 1. The van der Waals surface area contributed by atoms with E-state index in [0.717, 1.165) is 33.3 Å². The minimum Gasteiger partial charge on any atom is -0.370 e. The van der Waals surface area contributed by atoms with Crippen LogP contribution in [0.2, 0.25) is 0 Å². The molecule has 0 aliphatic carbocycles. The smallest absolute Gasteiger partial charge is 0.130 e. The first-order chi connectivity index (χ1) is 9.86. The second-order valence-electron chi connectivity index (χ2n) is 4.07. The summed E-state index contributed by atoms with van der Waals surface area (Å²) in [5.74, 6) is 0.823. The van der Waals surface area contributed by atoms with Crippen LogP contribution in [0.3, 0.4) is 0 Å². The summed E-state index contributed by atoms with van der Waals surface area (Å²) in [5.41, 5.74) is 0.936. The maximum Gasteiger partial charge on any atom is 0.130 e. The van der Waals surface area contributed by atoms with Crippen molar-refractivity contribution in [2.75, 3.05) is 11.9 Å². The van der Waals surface area contributed by atoms with Gasteiger partial charge in [0.15, 0.2) is 0 Å². The zero-order chi connectivity index (χ0) is 13.8. The van der Waals surface area contributed by atoms with Crippen molar-refractivity contribution in [2.24, 2.45) is 0 Å². The van der Waals surface area contributed by atoms with E-state index in [4.69, 9.17) is 0 Å². The molecule has 5 nitrogen and oxygen atoms in total. The Morgan fingerprint density at radius 2 is 1.90 bits per heavy atom. The van der Waals surface area contributed by atoms with Crippen molar-refractivity contribution in [3.63, 3.8) is 0 Å². The molecule has 0 fully saturated rings.